The highest BCUT2D eigenvalue weighted by molar-refractivity contribution is 7.15. The Morgan fingerprint density at radius 2 is 2.50 bits per heavy atom. The van der Waals surface area contributed by atoms with Crippen molar-refractivity contribution in [2.45, 2.75) is 19.4 Å². The van der Waals surface area contributed by atoms with Gasteiger partial charge in [-0.05, 0) is 18.9 Å². The largest absolute Gasteiger partial charge is 0.358 e. The molecular weight excluding hydrogens is 228 g/mol. The van der Waals surface area contributed by atoms with Crippen LogP contribution in [-0.2, 0) is 6.42 Å². The van der Waals surface area contributed by atoms with Crippen molar-refractivity contribution in [1.29, 1.82) is 0 Å². The molecule has 0 saturated heterocycles. The predicted octanol–water partition coefficient (Wildman–Crippen LogP) is 1.45. The van der Waals surface area contributed by atoms with Crippen molar-refractivity contribution in [2.75, 3.05) is 7.05 Å². The molecule has 2 rings (SSSR count). The summed E-state index contributed by atoms with van der Waals surface area (Å²) in [4.78, 5) is 15.6. The van der Waals surface area contributed by atoms with E-state index >= 15 is 0 Å². The first kappa shape index (κ1) is 11.0. The maximum absolute atomic E-state index is 11.0. The van der Waals surface area contributed by atoms with E-state index in [0.29, 0.717) is 17.1 Å². The van der Waals surface area contributed by atoms with Gasteiger partial charge in [0, 0.05) is 17.8 Å². The first-order valence-corrected chi connectivity index (χ1v) is 5.77. The van der Waals surface area contributed by atoms with Gasteiger partial charge >= 0.3 is 5.82 Å². The molecule has 86 valence electrons. The summed E-state index contributed by atoms with van der Waals surface area (Å²) in [7, 11) is 1.83. The summed E-state index contributed by atoms with van der Waals surface area (Å²) in [6.07, 6.45) is 2.24. The number of imidazole rings is 1. The second-order valence-electron chi connectivity index (χ2n) is 3.59. The Morgan fingerprint density at radius 3 is 3.12 bits per heavy atom. The zero-order valence-electron chi connectivity index (χ0n) is 9.01. The molecule has 0 aliphatic rings. The molecule has 0 bridgehead atoms. The van der Waals surface area contributed by atoms with Gasteiger partial charge in [0.05, 0.1) is 0 Å². The lowest BCUT2D eigenvalue weighted by atomic mass is 10.2. The van der Waals surface area contributed by atoms with Crippen molar-refractivity contribution >= 4 is 22.1 Å². The molecule has 0 fully saturated rings. The van der Waals surface area contributed by atoms with Gasteiger partial charge in [0.15, 0.2) is 0 Å². The normalized spacial score (nSPS) is 13.1. The molecule has 0 aromatic carbocycles. The van der Waals surface area contributed by atoms with Gasteiger partial charge in [-0.25, -0.2) is 0 Å². The minimum Gasteiger partial charge on any atom is -0.358 e. The Kier molecular flexibility index (Phi) is 2.88. The van der Waals surface area contributed by atoms with Gasteiger partial charge in [-0.15, -0.1) is 0 Å². The number of nitrogens with one attached hydrogen (secondary N) is 1. The number of aromatic nitrogens is 2. The molecule has 0 radical (unpaired) electrons. The van der Waals surface area contributed by atoms with Gasteiger partial charge in [-0.1, -0.05) is 11.3 Å². The summed E-state index contributed by atoms with van der Waals surface area (Å²) >= 11 is 1.40. The molecule has 16 heavy (non-hydrogen) atoms. The Labute approximate surface area is 96.1 Å². The third-order valence-corrected chi connectivity index (χ3v) is 3.23. The zero-order chi connectivity index (χ0) is 11.7. The maximum atomic E-state index is 11.0. The average Bonchev–Trinajstić information content (AvgIpc) is 2.76. The Balaban J connectivity index is 2.47. The van der Waals surface area contributed by atoms with E-state index in [1.54, 1.807) is 11.6 Å². The fourth-order valence-electron chi connectivity index (χ4n) is 1.54. The highest BCUT2D eigenvalue weighted by Gasteiger charge is 2.24. The van der Waals surface area contributed by atoms with Crippen molar-refractivity contribution in [2.24, 2.45) is 0 Å². The van der Waals surface area contributed by atoms with Crippen molar-refractivity contribution in [3.63, 3.8) is 0 Å². The van der Waals surface area contributed by atoms with E-state index in [4.69, 9.17) is 0 Å². The van der Waals surface area contributed by atoms with E-state index in [0.717, 1.165) is 0 Å². The maximum Gasteiger partial charge on any atom is 0.351 e. The monoisotopic (exact) mass is 240 g/mol. The van der Waals surface area contributed by atoms with Gasteiger partial charge < -0.3 is 15.4 Å². The Morgan fingerprint density at radius 1 is 1.75 bits per heavy atom. The third kappa shape index (κ3) is 1.79. The van der Waals surface area contributed by atoms with E-state index in [1.807, 2.05) is 14.0 Å². The van der Waals surface area contributed by atoms with Crippen LogP contribution in [0, 0.1) is 10.1 Å². The van der Waals surface area contributed by atoms with E-state index in [1.165, 1.54) is 15.7 Å². The van der Waals surface area contributed by atoms with Gasteiger partial charge in [0.2, 0.25) is 0 Å². The smallest absolute Gasteiger partial charge is 0.351 e. The van der Waals surface area contributed by atoms with Crippen LogP contribution in [-0.4, -0.2) is 27.4 Å². The molecule has 0 amide bonds. The minimum atomic E-state index is -0.371. The topological polar surface area (TPSA) is 72.5 Å². The van der Waals surface area contributed by atoms with Crippen LogP contribution in [0.15, 0.2) is 11.6 Å². The zero-order valence-corrected chi connectivity index (χ0v) is 9.82. The van der Waals surface area contributed by atoms with E-state index in [2.05, 4.69) is 10.3 Å². The van der Waals surface area contributed by atoms with Crippen molar-refractivity contribution in [1.82, 2.24) is 14.7 Å². The van der Waals surface area contributed by atoms with Crippen LogP contribution >= 0.6 is 11.3 Å². The summed E-state index contributed by atoms with van der Waals surface area (Å²) in [6.45, 7) is 1.97. The van der Waals surface area contributed by atoms with Crippen molar-refractivity contribution < 1.29 is 4.92 Å². The SMILES string of the molecule is CNC(C)Cc1nc2sccn2c1[N+](=O)[O-]. The van der Waals surface area contributed by atoms with Gasteiger partial charge in [-0.2, -0.15) is 9.38 Å². The summed E-state index contributed by atoms with van der Waals surface area (Å²) in [5.41, 5.74) is 0.540. The first-order valence-electron chi connectivity index (χ1n) is 4.89. The Bertz CT molecular complexity index is 519. The first-order chi connectivity index (χ1) is 7.63. The van der Waals surface area contributed by atoms with Gasteiger partial charge in [0.25, 0.3) is 4.96 Å². The quantitative estimate of drug-likeness (QED) is 0.648. The number of hydrogen-bond acceptors (Lipinski definition) is 5. The minimum absolute atomic E-state index is 0.0818. The lowest BCUT2D eigenvalue weighted by molar-refractivity contribution is -0.391. The third-order valence-electron chi connectivity index (χ3n) is 2.47. The van der Waals surface area contributed by atoms with Crippen LogP contribution in [0.3, 0.4) is 0 Å². The van der Waals surface area contributed by atoms with Gasteiger partial charge in [0.1, 0.15) is 11.9 Å². The number of rotatable bonds is 4. The number of hydrogen-bond donors (Lipinski definition) is 1. The number of likely N-dealkylation sites (N-methyl/N-ethyl adjacent to an activating group) is 1. The fraction of sp³-hybridized carbons (Fsp3) is 0.444. The van der Waals surface area contributed by atoms with Crippen molar-refractivity contribution in [3.05, 3.63) is 27.4 Å². The molecule has 7 heteroatoms. The Hall–Kier alpha value is -1.47. The van der Waals surface area contributed by atoms with Crippen LogP contribution < -0.4 is 5.32 Å². The summed E-state index contributed by atoms with van der Waals surface area (Å²) in [5.74, 6) is 0.0818. The second-order valence-corrected chi connectivity index (χ2v) is 4.46. The molecule has 0 spiro atoms. The van der Waals surface area contributed by atoms with E-state index < -0.39 is 0 Å². The van der Waals surface area contributed by atoms with Crippen LogP contribution in [0.1, 0.15) is 12.6 Å². The number of fused-ring (bicyclic) bond motifs is 1. The molecule has 0 saturated carbocycles. The van der Waals surface area contributed by atoms with Crippen LogP contribution in [0.5, 0.6) is 0 Å². The molecule has 2 aromatic heterocycles. The van der Waals surface area contributed by atoms with Crippen LogP contribution in [0.4, 0.5) is 5.82 Å². The van der Waals surface area contributed by atoms with Gasteiger partial charge in [-0.3, -0.25) is 0 Å². The summed E-state index contributed by atoms with van der Waals surface area (Å²) in [6, 6.07) is 0.170. The predicted molar refractivity (Wildman–Crippen MR) is 61.9 cm³/mol. The molecule has 6 nitrogen and oxygen atoms in total. The molecule has 1 atom stereocenters. The molecule has 1 unspecified atom stereocenters. The highest BCUT2D eigenvalue weighted by atomic mass is 32.1. The summed E-state index contributed by atoms with van der Waals surface area (Å²) in [5, 5.41) is 15.8. The number of nitrogens with zero attached hydrogens (tertiary/aromatic N) is 3. The van der Waals surface area contributed by atoms with Crippen LogP contribution in [0.2, 0.25) is 0 Å². The fourth-order valence-corrected chi connectivity index (χ4v) is 2.27. The number of nitro groups is 1. The molecule has 0 aliphatic carbocycles. The second kappa shape index (κ2) is 4.18. The molecule has 2 heterocycles. The average molecular weight is 240 g/mol. The van der Waals surface area contributed by atoms with E-state index in [-0.39, 0.29) is 16.8 Å². The highest BCUT2D eigenvalue weighted by Crippen LogP contribution is 2.24. The molecule has 1 N–H and O–H groups in total. The molecule has 0 aliphatic heterocycles. The van der Waals surface area contributed by atoms with E-state index in [9.17, 15) is 10.1 Å². The standard InChI is InChI=1S/C9H12N4O2S/c1-6(10-2)5-7-8(13(14)15)12-3-4-16-9(12)11-7/h3-4,6,10H,5H2,1-2H3. The molecule has 2 aromatic rings. The van der Waals surface area contributed by atoms with Crippen LogP contribution in [0.25, 0.3) is 4.96 Å². The summed E-state index contributed by atoms with van der Waals surface area (Å²) < 4.78 is 1.53. The van der Waals surface area contributed by atoms with Crippen molar-refractivity contribution in [3.8, 4) is 0 Å². The number of thiazole rings is 1. The molecular formula is C9H12N4O2S. The lowest BCUT2D eigenvalue weighted by Gasteiger charge is -2.06. The lowest BCUT2D eigenvalue weighted by Crippen LogP contribution is -2.24.